The van der Waals surface area contributed by atoms with Crippen molar-refractivity contribution in [3.05, 3.63) is 42.0 Å². The van der Waals surface area contributed by atoms with E-state index in [1.54, 1.807) is 0 Å². The molecule has 0 radical (unpaired) electrons. The van der Waals surface area contributed by atoms with Crippen molar-refractivity contribution in [2.45, 2.75) is 90.9 Å². The number of rotatable bonds is 15. The van der Waals surface area contributed by atoms with Crippen LogP contribution in [0.25, 0.3) is 5.57 Å². The van der Waals surface area contributed by atoms with E-state index in [-0.39, 0.29) is 5.97 Å². The van der Waals surface area contributed by atoms with Gasteiger partial charge in [-0.2, -0.15) is 0 Å². The van der Waals surface area contributed by atoms with Crippen molar-refractivity contribution >= 4 is 11.5 Å². The molecule has 1 aromatic rings. The summed E-state index contributed by atoms with van der Waals surface area (Å²) in [6.07, 6.45) is 15.7. The van der Waals surface area contributed by atoms with Crippen LogP contribution in [-0.4, -0.2) is 12.6 Å². The van der Waals surface area contributed by atoms with E-state index in [4.69, 9.17) is 4.74 Å². The molecule has 0 aliphatic heterocycles. The van der Waals surface area contributed by atoms with Crippen LogP contribution >= 0.6 is 0 Å². The normalized spacial score (nSPS) is 10.7. The Morgan fingerprint density at radius 2 is 1.27 bits per heavy atom. The highest BCUT2D eigenvalue weighted by Crippen LogP contribution is 2.18. The van der Waals surface area contributed by atoms with Crippen LogP contribution in [0, 0.1) is 0 Å². The van der Waals surface area contributed by atoms with Gasteiger partial charge in [0.05, 0.1) is 12.2 Å². The van der Waals surface area contributed by atoms with Crippen LogP contribution in [0.5, 0.6) is 0 Å². The molecule has 0 unspecified atom stereocenters. The fraction of sp³-hybridized carbons (Fsp3) is 0.625. The Balaban J connectivity index is 2.01. The monoisotopic (exact) mass is 358 g/mol. The van der Waals surface area contributed by atoms with E-state index in [1.165, 1.54) is 64.2 Å². The Labute approximate surface area is 161 Å². The van der Waals surface area contributed by atoms with E-state index in [9.17, 15) is 4.79 Å². The largest absolute Gasteiger partial charge is 0.462 e. The van der Waals surface area contributed by atoms with Crippen molar-refractivity contribution in [2.75, 3.05) is 6.61 Å². The zero-order chi connectivity index (χ0) is 19.0. The Bertz CT molecular complexity index is 519. The van der Waals surface area contributed by atoms with Crippen molar-refractivity contribution in [1.29, 1.82) is 0 Å². The molecule has 146 valence electrons. The second kappa shape index (κ2) is 14.6. The number of unbranched alkanes of at least 4 members (excludes halogenated alkanes) is 11. The van der Waals surface area contributed by atoms with Gasteiger partial charge in [0.15, 0.2) is 0 Å². The van der Waals surface area contributed by atoms with E-state index in [2.05, 4.69) is 13.5 Å². The van der Waals surface area contributed by atoms with E-state index < -0.39 is 0 Å². The van der Waals surface area contributed by atoms with Crippen LogP contribution in [0.2, 0.25) is 0 Å². The van der Waals surface area contributed by atoms with Crippen molar-refractivity contribution < 1.29 is 9.53 Å². The molecule has 0 bridgehead atoms. The van der Waals surface area contributed by atoms with Gasteiger partial charge in [0, 0.05) is 0 Å². The molecule has 0 atom stereocenters. The van der Waals surface area contributed by atoms with E-state index in [1.807, 2.05) is 31.2 Å². The van der Waals surface area contributed by atoms with Crippen LogP contribution in [0.3, 0.4) is 0 Å². The third kappa shape index (κ3) is 9.79. The molecule has 0 aliphatic rings. The lowest BCUT2D eigenvalue weighted by Gasteiger charge is -2.09. The van der Waals surface area contributed by atoms with E-state index in [0.717, 1.165) is 24.0 Å². The maximum Gasteiger partial charge on any atom is 0.338 e. The summed E-state index contributed by atoms with van der Waals surface area (Å²) in [5.74, 6) is -0.230. The average molecular weight is 359 g/mol. The Hall–Kier alpha value is -1.57. The molecule has 0 fully saturated rings. The van der Waals surface area contributed by atoms with Gasteiger partial charge in [-0.05, 0) is 25.0 Å². The quantitative estimate of drug-likeness (QED) is 0.238. The Morgan fingerprint density at radius 1 is 0.808 bits per heavy atom. The molecular formula is C24H38O2. The predicted octanol–water partition coefficient (Wildman–Crippen LogP) is 7.58. The highest BCUT2D eigenvalue weighted by Gasteiger charge is 2.12. The summed E-state index contributed by atoms with van der Waals surface area (Å²) in [6, 6.07) is 7.52. The fourth-order valence-electron chi connectivity index (χ4n) is 3.22. The lowest BCUT2D eigenvalue weighted by Crippen LogP contribution is -2.08. The standard InChI is InChI=1S/C24H38O2/c1-4-5-6-7-8-9-10-11-12-13-14-17-20-26-24(25)23-19-16-15-18-22(23)21(2)3/h15-16,18-19H,2,4-14,17,20H2,1,3H3. The third-order valence-corrected chi connectivity index (χ3v) is 4.84. The first kappa shape index (κ1) is 22.5. The van der Waals surface area contributed by atoms with Gasteiger partial charge in [0.1, 0.15) is 0 Å². The topological polar surface area (TPSA) is 26.3 Å². The van der Waals surface area contributed by atoms with Crippen molar-refractivity contribution in [1.82, 2.24) is 0 Å². The van der Waals surface area contributed by atoms with Crippen LogP contribution < -0.4 is 0 Å². The predicted molar refractivity (Wildman–Crippen MR) is 113 cm³/mol. The van der Waals surface area contributed by atoms with Crippen molar-refractivity contribution in [2.24, 2.45) is 0 Å². The molecule has 26 heavy (non-hydrogen) atoms. The minimum atomic E-state index is -0.230. The highest BCUT2D eigenvalue weighted by atomic mass is 16.5. The zero-order valence-corrected chi connectivity index (χ0v) is 17.0. The fourth-order valence-corrected chi connectivity index (χ4v) is 3.22. The number of ether oxygens (including phenoxy) is 1. The first-order valence-electron chi connectivity index (χ1n) is 10.6. The third-order valence-electron chi connectivity index (χ3n) is 4.84. The maximum atomic E-state index is 12.2. The summed E-state index contributed by atoms with van der Waals surface area (Å²) < 4.78 is 5.43. The lowest BCUT2D eigenvalue weighted by atomic mass is 10.0. The second-order valence-electron chi connectivity index (χ2n) is 7.35. The van der Waals surface area contributed by atoms with Crippen LogP contribution in [0.4, 0.5) is 0 Å². The van der Waals surface area contributed by atoms with Gasteiger partial charge < -0.3 is 4.74 Å². The molecule has 0 saturated carbocycles. The molecular weight excluding hydrogens is 320 g/mol. The first-order chi connectivity index (χ1) is 12.7. The van der Waals surface area contributed by atoms with E-state index >= 15 is 0 Å². The van der Waals surface area contributed by atoms with Crippen molar-refractivity contribution in [3.8, 4) is 0 Å². The number of esters is 1. The zero-order valence-electron chi connectivity index (χ0n) is 17.0. The number of benzene rings is 1. The highest BCUT2D eigenvalue weighted by molar-refractivity contribution is 5.95. The smallest absolute Gasteiger partial charge is 0.338 e. The molecule has 1 aromatic carbocycles. The molecule has 0 heterocycles. The Morgan fingerprint density at radius 3 is 1.77 bits per heavy atom. The van der Waals surface area contributed by atoms with Gasteiger partial charge in [-0.3, -0.25) is 0 Å². The minimum absolute atomic E-state index is 0.230. The molecule has 2 heteroatoms. The summed E-state index contributed by atoms with van der Waals surface area (Å²) in [5.41, 5.74) is 2.40. The molecule has 0 spiro atoms. The van der Waals surface area contributed by atoms with Crippen LogP contribution in [0.1, 0.15) is 107 Å². The first-order valence-corrected chi connectivity index (χ1v) is 10.6. The molecule has 0 aromatic heterocycles. The van der Waals surface area contributed by atoms with Gasteiger partial charge in [0.2, 0.25) is 0 Å². The molecule has 2 nitrogen and oxygen atoms in total. The number of hydrogen-bond donors (Lipinski definition) is 0. The number of carbonyl (C=O) groups excluding carboxylic acids is 1. The van der Waals surface area contributed by atoms with Gasteiger partial charge in [-0.1, -0.05) is 108 Å². The minimum Gasteiger partial charge on any atom is -0.462 e. The van der Waals surface area contributed by atoms with E-state index in [0.29, 0.717) is 12.2 Å². The van der Waals surface area contributed by atoms with Crippen LogP contribution in [-0.2, 0) is 4.74 Å². The Kier molecular flexibility index (Phi) is 12.6. The summed E-state index contributed by atoms with van der Waals surface area (Å²) >= 11 is 0. The summed E-state index contributed by atoms with van der Waals surface area (Å²) in [5, 5.41) is 0. The molecule has 0 N–H and O–H groups in total. The van der Waals surface area contributed by atoms with Gasteiger partial charge in [0.25, 0.3) is 0 Å². The number of allylic oxidation sites excluding steroid dienone is 1. The summed E-state index contributed by atoms with van der Waals surface area (Å²) in [7, 11) is 0. The summed E-state index contributed by atoms with van der Waals surface area (Å²) in [4.78, 5) is 12.2. The number of hydrogen-bond acceptors (Lipinski definition) is 2. The average Bonchev–Trinajstić information content (AvgIpc) is 2.65. The molecule has 0 saturated heterocycles. The van der Waals surface area contributed by atoms with Crippen LogP contribution in [0.15, 0.2) is 30.8 Å². The molecule has 0 aliphatic carbocycles. The molecule has 0 amide bonds. The molecule has 1 rings (SSSR count). The SMILES string of the molecule is C=C(C)c1ccccc1C(=O)OCCCCCCCCCCCCCC. The van der Waals surface area contributed by atoms with Gasteiger partial charge in [-0.25, -0.2) is 4.79 Å². The second-order valence-corrected chi connectivity index (χ2v) is 7.35. The summed E-state index contributed by atoms with van der Waals surface area (Å²) in [6.45, 7) is 8.63. The number of carbonyl (C=O) groups is 1. The maximum absolute atomic E-state index is 12.2. The van der Waals surface area contributed by atoms with Crippen molar-refractivity contribution in [3.63, 3.8) is 0 Å². The van der Waals surface area contributed by atoms with Gasteiger partial charge in [-0.15, -0.1) is 0 Å². The lowest BCUT2D eigenvalue weighted by molar-refractivity contribution is 0.0497. The van der Waals surface area contributed by atoms with Gasteiger partial charge >= 0.3 is 5.97 Å².